The van der Waals surface area contributed by atoms with Crippen molar-refractivity contribution in [3.8, 4) is 0 Å². The molecule has 3 rings (SSSR count). The van der Waals surface area contributed by atoms with Crippen LogP contribution in [0.25, 0.3) is 0 Å². The van der Waals surface area contributed by atoms with Crippen molar-refractivity contribution >= 4 is 11.9 Å². The van der Waals surface area contributed by atoms with E-state index < -0.39 is 0 Å². The van der Waals surface area contributed by atoms with Crippen LogP contribution in [0.5, 0.6) is 0 Å². The smallest absolute Gasteiger partial charge is 0.239 e. The lowest BCUT2D eigenvalue weighted by atomic mass is 10.2. The molecule has 2 aliphatic rings. The molecule has 0 aromatic carbocycles. The summed E-state index contributed by atoms with van der Waals surface area (Å²) in [5, 5.41) is 0. The Hall–Kier alpha value is -1.73. The van der Waals surface area contributed by atoms with Crippen molar-refractivity contribution in [2.75, 3.05) is 63.8 Å². The summed E-state index contributed by atoms with van der Waals surface area (Å²) in [4.78, 5) is 30.3. The van der Waals surface area contributed by atoms with Gasteiger partial charge in [0.15, 0.2) is 0 Å². The molecule has 1 aromatic heterocycles. The third kappa shape index (κ3) is 3.84. The van der Waals surface area contributed by atoms with Crippen LogP contribution in [-0.4, -0.2) is 95.5 Å². The number of carbonyl (C=O) groups excluding carboxylic acids is 1. The minimum Gasteiger partial charge on any atom is -0.339 e. The van der Waals surface area contributed by atoms with Gasteiger partial charge < -0.3 is 14.7 Å². The van der Waals surface area contributed by atoms with Crippen molar-refractivity contribution in [3.63, 3.8) is 0 Å². The van der Waals surface area contributed by atoms with E-state index in [0.29, 0.717) is 0 Å². The predicted octanol–water partition coefficient (Wildman–Crippen LogP) is 0.151. The van der Waals surface area contributed by atoms with Gasteiger partial charge in [-0.1, -0.05) is 6.92 Å². The Kier molecular flexibility index (Phi) is 5.63. The molecule has 1 amide bonds. The van der Waals surface area contributed by atoms with E-state index in [0.717, 1.165) is 64.9 Å². The fraction of sp³-hybridized carbons (Fsp3) is 0.706. The maximum atomic E-state index is 12.8. The molecule has 0 radical (unpaired) electrons. The number of anilines is 1. The highest BCUT2D eigenvalue weighted by molar-refractivity contribution is 5.81. The average Bonchev–Trinajstić information content (AvgIpc) is 2.68. The fourth-order valence-corrected chi connectivity index (χ4v) is 3.47. The molecule has 2 saturated heterocycles. The summed E-state index contributed by atoms with van der Waals surface area (Å²) in [6.07, 6.45) is 3.55. The van der Waals surface area contributed by atoms with E-state index in [4.69, 9.17) is 0 Å². The Labute approximate surface area is 144 Å². The summed E-state index contributed by atoms with van der Waals surface area (Å²) in [5.74, 6) is 1.06. The Morgan fingerprint density at radius 3 is 2.25 bits per heavy atom. The van der Waals surface area contributed by atoms with Crippen molar-refractivity contribution in [1.29, 1.82) is 0 Å². The molecule has 0 spiro atoms. The maximum Gasteiger partial charge on any atom is 0.239 e. The molecule has 0 N–H and O–H groups in total. The molecule has 7 heteroatoms. The van der Waals surface area contributed by atoms with Crippen LogP contribution >= 0.6 is 0 Å². The summed E-state index contributed by atoms with van der Waals surface area (Å²) in [5.41, 5.74) is 0. The molecule has 1 aromatic rings. The number of aromatic nitrogens is 2. The van der Waals surface area contributed by atoms with Gasteiger partial charge in [-0.2, -0.15) is 0 Å². The quantitative estimate of drug-likeness (QED) is 0.782. The highest BCUT2D eigenvalue weighted by atomic mass is 16.2. The Bertz CT molecular complexity index is 523. The van der Waals surface area contributed by atoms with Gasteiger partial charge in [0, 0.05) is 64.8 Å². The first kappa shape index (κ1) is 17.1. The zero-order valence-corrected chi connectivity index (χ0v) is 14.8. The first-order valence-electron chi connectivity index (χ1n) is 8.96. The molecule has 1 atom stereocenters. The van der Waals surface area contributed by atoms with Gasteiger partial charge in [-0.25, -0.2) is 9.97 Å². The summed E-state index contributed by atoms with van der Waals surface area (Å²) in [6, 6.07) is 1.79. The van der Waals surface area contributed by atoms with Gasteiger partial charge in [0.2, 0.25) is 11.9 Å². The molecule has 3 heterocycles. The number of rotatable bonds is 4. The molecule has 132 valence electrons. The summed E-state index contributed by atoms with van der Waals surface area (Å²) < 4.78 is 0. The van der Waals surface area contributed by atoms with Crippen LogP contribution in [-0.2, 0) is 4.79 Å². The first-order valence-corrected chi connectivity index (χ1v) is 8.96. The van der Waals surface area contributed by atoms with Crippen LogP contribution < -0.4 is 4.90 Å². The second-order valence-electron chi connectivity index (χ2n) is 6.51. The van der Waals surface area contributed by atoms with Gasteiger partial charge in [-0.3, -0.25) is 9.69 Å². The summed E-state index contributed by atoms with van der Waals surface area (Å²) in [7, 11) is 0. The fourth-order valence-electron chi connectivity index (χ4n) is 3.47. The molecule has 0 aliphatic carbocycles. The van der Waals surface area contributed by atoms with Gasteiger partial charge >= 0.3 is 0 Å². The van der Waals surface area contributed by atoms with E-state index in [1.807, 2.05) is 17.9 Å². The number of piperazine rings is 2. The molecular formula is C17H28N6O. The number of amides is 1. The number of nitrogens with zero attached hydrogens (tertiary/aromatic N) is 6. The lowest BCUT2D eigenvalue weighted by Gasteiger charge is -2.40. The number of hydrogen-bond acceptors (Lipinski definition) is 6. The third-order valence-corrected chi connectivity index (χ3v) is 5.19. The van der Waals surface area contributed by atoms with Crippen LogP contribution in [0.15, 0.2) is 18.5 Å². The van der Waals surface area contributed by atoms with Crippen molar-refractivity contribution in [2.45, 2.75) is 19.9 Å². The normalized spacial score (nSPS) is 21.8. The minimum absolute atomic E-state index is 0.0444. The van der Waals surface area contributed by atoms with E-state index in [2.05, 4.69) is 31.6 Å². The zero-order valence-electron chi connectivity index (χ0n) is 14.8. The van der Waals surface area contributed by atoms with Gasteiger partial charge in [0.25, 0.3) is 0 Å². The Balaban J connectivity index is 1.50. The number of carbonyl (C=O) groups is 1. The van der Waals surface area contributed by atoms with Crippen molar-refractivity contribution < 1.29 is 4.79 Å². The Morgan fingerprint density at radius 2 is 1.67 bits per heavy atom. The molecular weight excluding hydrogens is 304 g/mol. The highest BCUT2D eigenvalue weighted by Gasteiger charge is 2.30. The zero-order chi connectivity index (χ0) is 16.9. The van der Waals surface area contributed by atoms with Crippen LogP contribution in [0.4, 0.5) is 5.95 Å². The molecule has 2 aliphatic heterocycles. The number of hydrogen-bond donors (Lipinski definition) is 0. The van der Waals surface area contributed by atoms with Gasteiger partial charge in [-0.15, -0.1) is 0 Å². The van der Waals surface area contributed by atoms with Crippen molar-refractivity contribution in [2.24, 2.45) is 0 Å². The minimum atomic E-state index is -0.0444. The summed E-state index contributed by atoms with van der Waals surface area (Å²) >= 11 is 0. The predicted molar refractivity (Wildman–Crippen MR) is 94.0 cm³/mol. The molecule has 1 unspecified atom stereocenters. The lowest BCUT2D eigenvalue weighted by molar-refractivity contribution is -0.138. The van der Waals surface area contributed by atoms with E-state index >= 15 is 0 Å². The maximum absolute atomic E-state index is 12.8. The van der Waals surface area contributed by atoms with Crippen LogP contribution in [0.2, 0.25) is 0 Å². The van der Waals surface area contributed by atoms with Crippen molar-refractivity contribution in [1.82, 2.24) is 24.7 Å². The van der Waals surface area contributed by atoms with Gasteiger partial charge in [0.1, 0.15) is 0 Å². The van der Waals surface area contributed by atoms with E-state index in [1.54, 1.807) is 12.4 Å². The first-order chi connectivity index (χ1) is 11.7. The molecule has 24 heavy (non-hydrogen) atoms. The van der Waals surface area contributed by atoms with Crippen molar-refractivity contribution in [3.05, 3.63) is 18.5 Å². The molecule has 0 saturated carbocycles. The Morgan fingerprint density at radius 1 is 1.04 bits per heavy atom. The third-order valence-electron chi connectivity index (χ3n) is 5.19. The van der Waals surface area contributed by atoms with Crippen LogP contribution in [0.3, 0.4) is 0 Å². The molecule has 7 nitrogen and oxygen atoms in total. The van der Waals surface area contributed by atoms with E-state index in [-0.39, 0.29) is 11.9 Å². The topological polar surface area (TPSA) is 55.8 Å². The van der Waals surface area contributed by atoms with Crippen LogP contribution in [0.1, 0.15) is 13.8 Å². The monoisotopic (exact) mass is 332 g/mol. The van der Waals surface area contributed by atoms with Gasteiger partial charge in [0.05, 0.1) is 6.04 Å². The lowest BCUT2D eigenvalue weighted by Crippen LogP contribution is -2.57. The molecule has 2 fully saturated rings. The van der Waals surface area contributed by atoms with Gasteiger partial charge in [-0.05, 0) is 19.5 Å². The van der Waals surface area contributed by atoms with E-state index in [1.165, 1.54) is 0 Å². The average molecular weight is 332 g/mol. The second-order valence-corrected chi connectivity index (χ2v) is 6.51. The molecule has 0 bridgehead atoms. The largest absolute Gasteiger partial charge is 0.339 e. The second kappa shape index (κ2) is 7.90. The number of likely N-dealkylation sites (N-methyl/N-ethyl adjacent to an activating group) is 1. The standard InChI is InChI=1S/C17H28N6O/c1-3-20-7-9-22(10-8-20)16(24)15(2)21-11-13-23(14-12-21)17-18-5-4-6-19-17/h4-6,15H,3,7-14H2,1-2H3. The highest BCUT2D eigenvalue weighted by Crippen LogP contribution is 2.14. The van der Waals surface area contributed by atoms with E-state index in [9.17, 15) is 4.79 Å². The SMILES string of the molecule is CCN1CCN(C(=O)C(C)N2CCN(c3ncccn3)CC2)CC1. The van der Waals surface area contributed by atoms with Crippen LogP contribution in [0, 0.1) is 0 Å². The summed E-state index contributed by atoms with van der Waals surface area (Å²) in [6.45, 7) is 12.5.